The van der Waals surface area contributed by atoms with Crippen LogP contribution in [0.15, 0.2) is 0 Å². The van der Waals surface area contributed by atoms with Gasteiger partial charge in [-0.05, 0) is 111 Å². The molecule has 4 N–H and O–H groups in total. The predicted molar refractivity (Wildman–Crippen MR) is 129 cm³/mol. The van der Waals surface area contributed by atoms with Crippen LogP contribution in [0.1, 0.15) is 85.0 Å². The van der Waals surface area contributed by atoms with Gasteiger partial charge >= 0.3 is 0 Å². The molecule has 193 valence electrons. The molecule has 0 saturated heterocycles. The molecule has 4 rings (SSSR count). The molecule has 10 atom stereocenters. The summed E-state index contributed by atoms with van der Waals surface area (Å²) in [4.78, 5) is 20.6. The van der Waals surface area contributed by atoms with Gasteiger partial charge in [0.15, 0.2) is 5.91 Å². The number of amides is 2. The van der Waals surface area contributed by atoms with Crippen LogP contribution in [0.5, 0.6) is 0 Å². The molecule has 0 unspecified atom stereocenters. The number of aliphatic hydroxyl groups is 2. The van der Waals surface area contributed by atoms with E-state index >= 15 is 0 Å². The molecule has 4 aliphatic rings. The SMILES string of the molecule is CN[C-]=O.[CH2-]NC(=O)CC[C@@H](C)[C@H]1CC[C@H]2[C@@H]3[C@@H](O)C[C@@H]4C[C@H](O)CC[C@]4(C)[C@H]3CC[C@]12C.[Y]. The van der Waals surface area contributed by atoms with Crippen LogP contribution in [-0.2, 0) is 42.3 Å². The van der Waals surface area contributed by atoms with Crippen LogP contribution in [0.25, 0.3) is 0 Å². The normalized spacial score (nSPS) is 43.4. The van der Waals surface area contributed by atoms with E-state index in [1.54, 1.807) is 0 Å². The molecule has 34 heavy (non-hydrogen) atoms. The average molecular weight is 552 g/mol. The third-order valence-corrected chi connectivity index (χ3v) is 10.5. The molecule has 6 nitrogen and oxygen atoms in total. The van der Waals surface area contributed by atoms with Crippen LogP contribution in [0.2, 0.25) is 0 Å². The van der Waals surface area contributed by atoms with Crippen LogP contribution < -0.4 is 10.6 Å². The predicted octanol–water partition coefficient (Wildman–Crippen LogP) is 3.57. The van der Waals surface area contributed by atoms with Gasteiger partial charge in [0.2, 0.25) is 0 Å². The monoisotopic (exact) mass is 551 g/mol. The molecule has 0 heterocycles. The number of aliphatic hydroxyl groups excluding tert-OH is 2. The molecule has 4 aliphatic carbocycles. The Kier molecular flexibility index (Phi) is 11.1. The number of hydrogen-bond acceptors (Lipinski definition) is 4. The summed E-state index contributed by atoms with van der Waals surface area (Å²) in [5, 5.41) is 26.2. The smallest absolute Gasteiger partial charge is 0.190 e. The number of carbonyl (C=O) groups excluding carboxylic acids is 2. The first-order valence-corrected chi connectivity index (χ1v) is 13.1. The summed E-state index contributed by atoms with van der Waals surface area (Å²) in [5.41, 5.74) is 0.584. The van der Waals surface area contributed by atoms with E-state index in [4.69, 9.17) is 4.79 Å². The van der Waals surface area contributed by atoms with E-state index in [0.29, 0.717) is 52.8 Å². The zero-order valence-corrected chi connectivity index (χ0v) is 24.5. The van der Waals surface area contributed by atoms with E-state index in [0.717, 1.165) is 32.1 Å². The number of carbonyl (C=O) groups is 1. The van der Waals surface area contributed by atoms with Crippen LogP contribution in [0.3, 0.4) is 0 Å². The maximum absolute atomic E-state index is 11.7. The van der Waals surface area contributed by atoms with Gasteiger partial charge in [0.05, 0.1) is 12.2 Å². The van der Waals surface area contributed by atoms with Crippen LogP contribution >= 0.6 is 0 Å². The van der Waals surface area contributed by atoms with Crippen LogP contribution in [-0.4, -0.2) is 41.8 Å². The van der Waals surface area contributed by atoms with Gasteiger partial charge in [-0.15, -0.1) is 0 Å². The van der Waals surface area contributed by atoms with Gasteiger partial charge in [-0.1, -0.05) is 20.8 Å². The van der Waals surface area contributed by atoms with E-state index in [-0.39, 0.29) is 50.8 Å². The zero-order chi connectivity index (χ0) is 24.4. The summed E-state index contributed by atoms with van der Waals surface area (Å²) in [7, 11) is 5.00. The standard InChI is InChI=1S/C25H42NO3.C2H4NO.Y/c1-15(5-8-22(29)26-4)18-6-7-19-23-20(10-12-25(18,19)3)24(2)11-9-17(27)13-16(24)14-21(23)28;1-3-2-4;/h15-21,23,27-28H,4-14H2,1-3H3,(H,26,29);1H3,(H,3,4);/q2*-1;/t15-,16+,17-,18-,19+,20+,21+,23+,24+,25-;;/m1../s1. The second-order valence-electron chi connectivity index (χ2n) is 11.9. The first kappa shape index (κ1) is 30.2. The second kappa shape index (κ2) is 12.5. The van der Waals surface area contributed by atoms with Crippen molar-refractivity contribution in [3.8, 4) is 0 Å². The summed E-state index contributed by atoms with van der Waals surface area (Å²) >= 11 is 0. The maximum atomic E-state index is 11.7. The van der Waals surface area contributed by atoms with Crippen molar-refractivity contribution in [2.75, 3.05) is 7.05 Å². The Morgan fingerprint density at radius 2 is 1.71 bits per heavy atom. The fourth-order valence-corrected chi connectivity index (χ4v) is 8.82. The maximum Gasteiger partial charge on any atom is 0.190 e. The van der Waals surface area contributed by atoms with Gasteiger partial charge in [-0.2, -0.15) is 6.41 Å². The number of rotatable bonds is 5. The molecule has 4 fully saturated rings. The summed E-state index contributed by atoms with van der Waals surface area (Å²) in [5.74, 6) is 3.34. The zero-order valence-electron chi connectivity index (χ0n) is 21.7. The molecule has 0 bridgehead atoms. The molecule has 7 heteroatoms. The topological polar surface area (TPSA) is 98.7 Å². The third kappa shape index (κ3) is 5.76. The van der Waals surface area contributed by atoms with E-state index in [1.165, 1.54) is 39.1 Å². The van der Waals surface area contributed by atoms with Gasteiger partial charge < -0.3 is 25.6 Å². The Hall–Kier alpha value is -0.0361. The average Bonchev–Trinajstić information content (AvgIpc) is 3.15. The molecule has 0 aromatic carbocycles. The molecule has 0 aromatic rings. The van der Waals surface area contributed by atoms with E-state index in [1.807, 2.05) is 0 Å². The summed E-state index contributed by atoms with van der Waals surface area (Å²) in [6.45, 7) is 7.30. The molecule has 0 aromatic heterocycles. The number of hydrogen-bond donors (Lipinski definition) is 4. The Morgan fingerprint density at radius 3 is 2.32 bits per heavy atom. The second-order valence-corrected chi connectivity index (χ2v) is 11.9. The third-order valence-electron chi connectivity index (χ3n) is 10.5. The van der Waals surface area contributed by atoms with Gasteiger partial charge in [0, 0.05) is 39.1 Å². The van der Waals surface area contributed by atoms with Crippen molar-refractivity contribution in [3.05, 3.63) is 7.05 Å². The number of nitrogens with one attached hydrogen (secondary N) is 2. The molecule has 0 aliphatic heterocycles. The van der Waals surface area contributed by atoms with Crippen molar-refractivity contribution in [3.63, 3.8) is 0 Å². The van der Waals surface area contributed by atoms with Crippen molar-refractivity contribution >= 4 is 12.3 Å². The minimum Gasteiger partial charge on any atom is -0.532 e. The summed E-state index contributed by atoms with van der Waals surface area (Å²) in [6.07, 6.45) is 11.3. The molecular formula is C27H46N2O4Y-2. The molecule has 2 amide bonds. The van der Waals surface area contributed by atoms with Crippen molar-refractivity contribution < 1.29 is 52.5 Å². The fourth-order valence-electron chi connectivity index (χ4n) is 8.82. The Morgan fingerprint density at radius 1 is 1.09 bits per heavy atom. The fraction of sp³-hybridized carbons (Fsp3) is 0.889. The van der Waals surface area contributed by atoms with Gasteiger partial charge in [0.25, 0.3) is 0 Å². The van der Waals surface area contributed by atoms with E-state index in [9.17, 15) is 15.0 Å². The van der Waals surface area contributed by atoms with Crippen LogP contribution in [0.4, 0.5) is 0 Å². The molecule has 4 saturated carbocycles. The Bertz CT molecular complexity index is 694. The molecule has 0 spiro atoms. The van der Waals surface area contributed by atoms with Crippen molar-refractivity contribution in [2.24, 2.45) is 46.3 Å². The van der Waals surface area contributed by atoms with Gasteiger partial charge in [0.1, 0.15) is 0 Å². The first-order valence-electron chi connectivity index (χ1n) is 13.1. The van der Waals surface area contributed by atoms with Crippen LogP contribution in [0, 0.1) is 53.4 Å². The quantitative estimate of drug-likeness (QED) is 0.310. The van der Waals surface area contributed by atoms with Gasteiger partial charge in [-0.25, -0.2) is 0 Å². The molecule has 1 radical (unpaired) electrons. The van der Waals surface area contributed by atoms with Crippen molar-refractivity contribution in [1.29, 1.82) is 0 Å². The number of fused-ring (bicyclic) bond motifs is 5. The Balaban J connectivity index is 0.000000758. The molecular weight excluding hydrogens is 505 g/mol. The van der Waals surface area contributed by atoms with Crippen molar-refractivity contribution in [1.82, 2.24) is 10.6 Å². The summed E-state index contributed by atoms with van der Waals surface area (Å²) < 4.78 is 0. The summed E-state index contributed by atoms with van der Waals surface area (Å²) in [6, 6.07) is 0. The first-order chi connectivity index (χ1) is 15.6. The minimum atomic E-state index is -0.209. The van der Waals surface area contributed by atoms with E-state index in [2.05, 4.69) is 38.5 Å². The van der Waals surface area contributed by atoms with Gasteiger partial charge in [-0.3, -0.25) is 11.8 Å². The van der Waals surface area contributed by atoms with E-state index < -0.39 is 0 Å². The Labute approximate surface area is 232 Å². The minimum absolute atomic E-state index is 0. The van der Waals surface area contributed by atoms with Crippen molar-refractivity contribution in [2.45, 2.75) is 97.2 Å². The largest absolute Gasteiger partial charge is 0.532 e.